The van der Waals surface area contributed by atoms with Gasteiger partial charge in [0.05, 0.1) is 11.8 Å². The largest absolute Gasteiger partial charge is 0.387 e. The van der Waals surface area contributed by atoms with Gasteiger partial charge in [-0.3, -0.25) is 0 Å². The van der Waals surface area contributed by atoms with Crippen LogP contribution in [0.5, 0.6) is 0 Å². The minimum atomic E-state index is -0.766. The van der Waals surface area contributed by atoms with Crippen LogP contribution in [0.4, 0.5) is 0 Å². The Hall–Kier alpha value is -1.59. The van der Waals surface area contributed by atoms with E-state index >= 15 is 0 Å². The number of pyridine rings is 1. The lowest BCUT2D eigenvalue weighted by Crippen LogP contribution is -2.21. The van der Waals surface area contributed by atoms with E-state index < -0.39 is 6.10 Å². The molecule has 0 bridgehead atoms. The van der Waals surface area contributed by atoms with Gasteiger partial charge in [-0.25, -0.2) is 4.98 Å². The molecule has 0 saturated carbocycles. The van der Waals surface area contributed by atoms with Crippen molar-refractivity contribution in [3.8, 4) is 0 Å². The number of hydrogen-bond acceptors (Lipinski definition) is 3. The topological polar surface area (TPSA) is 49.6 Å². The highest BCUT2D eigenvalue weighted by atomic mass is 35.5. The number of rotatable bonds is 5. The molecule has 3 aromatic rings. The molecule has 0 saturated heterocycles. The SMILES string of the molecule is OC(CNCc1cn2ccccc2n1)c1c(Cl)cccc1Cl. The number of aromatic nitrogens is 2. The van der Waals surface area contributed by atoms with E-state index in [1.54, 1.807) is 18.2 Å². The van der Waals surface area contributed by atoms with Gasteiger partial charge in [-0.2, -0.15) is 0 Å². The van der Waals surface area contributed by atoms with Crippen LogP contribution in [0, 0.1) is 0 Å². The minimum Gasteiger partial charge on any atom is -0.387 e. The van der Waals surface area contributed by atoms with Gasteiger partial charge in [-0.15, -0.1) is 0 Å². The van der Waals surface area contributed by atoms with Crippen molar-refractivity contribution in [2.24, 2.45) is 0 Å². The normalized spacial score (nSPS) is 12.7. The summed E-state index contributed by atoms with van der Waals surface area (Å²) in [5.41, 5.74) is 2.35. The molecule has 4 nitrogen and oxygen atoms in total. The number of fused-ring (bicyclic) bond motifs is 1. The summed E-state index contributed by atoms with van der Waals surface area (Å²) in [6.45, 7) is 0.901. The van der Waals surface area contributed by atoms with E-state index in [0.29, 0.717) is 28.7 Å². The van der Waals surface area contributed by atoms with Gasteiger partial charge in [-0.05, 0) is 24.3 Å². The highest BCUT2D eigenvalue weighted by Crippen LogP contribution is 2.29. The Morgan fingerprint density at radius 1 is 1.14 bits per heavy atom. The predicted molar refractivity (Wildman–Crippen MR) is 88.3 cm³/mol. The predicted octanol–water partition coefficient (Wildman–Crippen LogP) is 3.46. The lowest BCUT2D eigenvalue weighted by atomic mass is 10.1. The van der Waals surface area contributed by atoms with Gasteiger partial charge in [0.25, 0.3) is 0 Å². The third kappa shape index (κ3) is 3.25. The quantitative estimate of drug-likeness (QED) is 0.750. The average Bonchev–Trinajstić information content (AvgIpc) is 2.89. The Labute approximate surface area is 138 Å². The van der Waals surface area contributed by atoms with Crippen LogP contribution in [0.25, 0.3) is 5.65 Å². The van der Waals surface area contributed by atoms with Gasteiger partial charge in [0, 0.05) is 41.1 Å². The summed E-state index contributed by atoms with van der Waals surface area (Å²) in [5, 5.41) is 14.3. The van der Waals surface area contributed by atoms with Crippen molar-refractivity contribution in [3.05, 3.63) is 70.1 Å². The smallest absolute Gasteiger partial charge is 0.137 e. The van der Waals surface area contributed by atoms with Crippen LogP contribution in [-0.2, 0) is 6.54 Å². The van der Waals surface area contributed by atoms with E-state index in [9.17, 15) is 5.11 Å². The number of hydrogen-bond donors (Lipinski definition) is 2. The highest BCUT2D eigenvalue weighted by molar-refractivity contribution is 6.36. The van der Waals surface area contributed by atoms with Crippen LogP contribution in [0.3, 0.4) is 0 Å². The van der Waals surface area contributed by atoms with Crippen LogP contribution in [0.15, 0.2) is 48.8 Å². The van der Waals surface area contributed by atoms with Gasteiger partial charge in [0.1, 0.15) is 5.65 Å². The molecular formula is C16H15Cl2N3O. The first-order valence-corrected chi connectivity index (χ1v) is 7.66. The number of nitrogens with one attached hydrogen (secondary N) is 1. The summed E-state index contributed by atoms with van der Waals surface area (Å²) < 4.78 is 1.96. The number of halogens is 2. The Balaban J connectivity index is 1.63. The summed E-state index contributed by atoms with van der Waals surface area (Å²) in [4.78, 5) is 4.48. The molecule has 114 valence electrons. The fraction of sp³-hybridized carbons (Fsp3) is 0.188. The number of aliphatic hydroxyl groups is 1. The van der Waals surface area contributed by atoms with E-state index in [0.717, 1.165) is 11.3 Å². The van der Waals surface area contributed by atoms with Gasteiger partial charge in [0.15, 0.2) is 0 Å². The van der Waals surface area contributed by atoms with E-state index in [2.05, 4.69) is 10.3 Å². The van der Waals surface area contributed by atoms with Crippen LogP contribution in [-0.4, -0.2) is 21.0 Å². The fourth-order valence-corrected chi connectivity index (χ4v) is 2.99. The third-order valence-electron chi connectivity index (χ3n) is 3.39. The van der Waals surface area contributed by atoms with Crippen molar-refractivity contribution in [3.63, 3.8) is 0 Å². The zero-order valence-electron chi connectivity index (χ0n) is 11.7. The van der Waals surface area contributed by atoms with Crippen LogP contribution in [0.1, 0.15) is 17.4 Å². The summed E-state index contributed by atoms with van der Waals surface area (Å²) in [6.07, 6.45) is 3.14. The zero-order valence-corrected chi connectivity index (χ0v) is 13.2. The van der Waals surface area contributed by atoms with Crippen LogP contribution >= 0.6 is 23.2 Å². The second-order valence-corrected chi connectivity index (χ2v) is 5.79. The second-order valence-electron chi connectivity index (χ2n) is 4.98. The van der Waals surface area contributed by atoms with Crippen LogP contribution < -0.4 is 5.32 Å². The lowest BCUT2D eigenvalue weighted by molar-refractivity contribution is 0.174. The molecule has 0 aliphatic carbocycles. The molecule has 6 heteroatoms. The molecule has 0 spiro atoms. The monoisotopic (exact) mass is 335 g/mol. The van der Waals surface area contributed by atoms with Crippen molar-refractivity contribution in [1.82, 2.24) is 14.7 Å². The maximum Gasteiger partial charge on any atom is 0.137 e. The van der Waals surface area contributed by atoms with Crippen molar-refractivity contribution < 1.29 is 5.11 Å². The first kappa shape index (κ1) is 15.3. The number of aliphatic hydroxyl groups excluding tert-OH is 1. The molecule has 0 aliphatic rings. The first-order chi connectivity index (χ1) is 10.6. The van der Waals surface area contributed by atoms with Gasteiger partial charge in [-0.1, -0.05) is 35.3 Å². The average molecular weight is 336 g/mol. The lowest BCUT2D eigenvalue weighted by Gasteiger charge is -2.14. The molecule has 1 aromatic carbocycles. The van der Waals surface area contributed by atoms with E-state index in [4.69, 9.17) is 23.2 Å². The Morgan fingerprint density at radius 3 is 2.64 bits per heavy atom. The van der Waals surface area contributed by atoms with Gasteiger partial charge >= 0.3 is 0 Å². The molecule has 3 rings (SSSR count). The summed E-state index contributed by atoms with van der Waals surface area (Å²) in [7, 11) is 0. The molecule has 22 heavy (non-hydrogen) atoms. The first-order valence-electron chi connectivity index (χ1n) is 6.90. The second kappa shape index (κ2) is 6.67. The highest BCUT2D eigenvalue weighted by Gasteiger charge is 2.15. The van der Waals surface area contributed by atoms with Crippen molar-refractivity contribution >= 4 is 28.8 Å². The van der Waals surface area contributed by atoms with E-state index in [1.165, 1.54) is 0 Å². The molecule has 1 unspecified atom stereocenters. The molecule has 0 fully saturated rings. The van der Waals surface area contributed by atoms with Crippen molar-refractivity contribution in [2.45, 2.75) is 12.6 Å². The Morgan fingerprint density at radius 2 is 1.91 bits per heavy atom. The van der Waals surface area contributed by atoms with E-state index in [1.807, 2.05) is 35.0 Å². The number of imidazole rings is 1. The summed E-state index contributed by atoms with van der Waals surface area (Å²) in [6, 6.07) is 11.0. The van der Waals surface area contributed by atoms with Crippen molar-refractivity contribution in [1.29, 1.82) is 0 Å². The molecule has 0 radical (unpaired) electrons. The third-order valence-corrected chi connectivity index (χ3v) is 4.05. The molecule has 2 heterocycles. The van der Waals surface area contributed by atoms with Gasteiger partial charge in [0.2, 0.25) is 0 Å². The molecule has 2 N–H and O–H groups in total. The summed E-state index contributed by atoms with van der Waals surface area (Å²) >= 11 is 12.2. The Kier molecular flexibility index (Phi) is 4.64. The van der Waals surface area contributed by atoms with Gasteiger partial charge < -0.3 is 14.8 Å². The fourth-order valence-electron chi connectivity index (χ4n) is 2.34. The van der Waals surface area contributed by atoms with Crippen molar-refractivity contribution in [2.75, 3.05) is 6.54 Å². The molecule has 1 atom stereocenters. The molecular weight excluding hydrogens is 321 g/mol. The maximum absolute atomic E-state index is 10.2. The minimum absolute atomic E-state index is 0.345. The standard InChI is InChI=1S/C16H15Cl2N3O/c17-12-4-3-5-13(18)16(12)14(22)9-19-8-11-10-21-7-2-1-6-15(21)20-11/h1-7,10,14,19,22H,8-9H2. The number of nitrogens with zero attached hydrogens (tertiary/aromatic N) is 2. The molecule has 2 aromatic heterocycles. The zero-order chi connectivity index (χ0) is 15.5. The summed E-state index contributed by atoms with van der Waals surface area (Å²) in [5.74, 6) is 0. The van der Waals surface area contributed by atoms with Crippen LogP contribution in [0.2, 0.25) is 10.0 Å². The van der Waals surface area contributed by atoms with E-state index in [-0.39, 0.29) is 0 Å². The molecule has 0 amide bonds. The Bertz CT molecular complexity index is 735. The number of benzene rings is 1. The molecule has 0 aliphatic heterocycles. The maximum atomic E-state index is 10.2.